The minimum atomic E-state index is -0.709. The molecule has 3 N–H and O–H groups in total. The van der Waals surface area contributed by atoms with E-state index in [4.69, 9.17) is 28.9 Å². The summed E-state index contributed by atoms with van der Waals surface area (Å²) in [5.74, 6) is -0.250. The summed E-state index contributed by atoms with van der Waals surface area (Å²) in [7, 11) is 0. The molecular weight excluding hydrogens is 307 g/mol. The van der Waals surface area contributed by atoms with E-state index in [-0.39, 0.29) is 11.9 Å². The molecule has 5 heteroatoms. The van der Waals surface area contributed by atoms with Gasteiger partial charge in [0.15, 0.2) is 0 Å². The molecule has 2 aromatic rings. The van der Waals surface area contributed by atoms with Gasteiger partial charge in [-0.25, -0.2) is 0 Å². The molecule has 0 saturated carbocycles. The van der Waals surface area contributed by atoms with Crippen molar-refractivity contribution in [3.8, 4) is 0 Å². The second kappa shape index (κ2) is 6.94. The lowest BCUT2D eigenvalue weighted by Gasteiger charge is -2.19. The number of hydrogen-bond donors (Lipinski definition) is 2. The van der Waals surface area contributed by atoms with Crippen molar-refractivity contribution in [2.45, 2.75) is 19.0 Å². The number of halogens is 2. The molecule has 0 fully saturated rings. The highest BCUT2D eigenvalue weighted by atomic mass is 35.5. The average Bonchev–Trinajstić information content (AvgIpc) is 2.47. The van der Waals surface area contributed by atoms with Crippen molar-refractivity contribution in [2.75, 3.05) is 0 Å². The second-order valence-corrected chi connectivity index (χ2v) is 5.63. The zero-order valence-electron chi connectivity index (χ0n) is 11.5. The fourth-order valence-corrected chi connectivity index (χ4v) is 2.62. The molecule has 2 atom stereocenters. The lowest BCUT2D eigenvalue weighted by atomic mass is 10.0. The highest BCUT2D eigenvalue weighted by Gasteiger charge is 2.19. The van der Waals surface area contributed by atoms with Crippen LogP contribution in [0.5, 0.6) is 0 Å². The Balaban J connectivity index is 2.08. The smallest absolute Gasteiger partial charge is 0.241 e. The quantitative estimate of drug-likeness (QED) is 0.897. The number of carbonyl (C=O) groups excluding carboxylic acids is 1. The largest absolute Gasteiger partial charge is 0.348 e. The zero-order valence-corrected chi connectivity index (χ0v) is 13.0. The number of benzene rings is 2. The number of amides is 1. The van der Waals surface area contributed by atoms with Gasteiger partial charge in [0.25, 0.3) is 0 Å². The first-order valence-corrected chi connectivity index (χ1v) is 7.30. The maximum absolute atomic E-state index is 12.2. The summed E-state index contributed by atoms with van der Waals surface area (Å²) in [4.78, 5) is 12.2. The summed E-state index contributed by atoms with van der Waals surface area (Å²) in [5.41, 5.74) is 7.53. The minimum Gasteiger partial charge on any atom is -0.348 e. The predicted molar refractivity (Wildman–Crippen MR) is 86.4 cm³/mol. The van der Waals surface area contributed by atoms with Gasteiger partial charge >= 0.3 is 0 Å². The Kier molecular flexibility index (Phi) is 5.23. The molecule has 0 bridgehead atoms. The van der Waals surface area contributed by atoms with E-state index in [9.17, 15) is 4.79 Å². The molecular formula is C16H16Cl2N2O. The van der Waals surface area contributed by atoms with Crippen molar-refractivity contribution < 1.29 is 4.79 Å². The van der Waals surface area contributed by atoms with E-state index < -0.39 is 6.04 Å². The fourth-order valence-electron chi connectivity index (χ4n) is 2.05. The molecule has 0 spiro atoms. The van der Waals surface area contributed by atoms with E-state index in [1.54, 1.807) is 18.2 Å². The van der Waals surface area contributed by atoms with Crippen LogP contribution in [0.1, 0.15) is 30.1 Å². The summed E-state index contributed by atoms with van der Waals surface area (Å²) in [6.07, 6.45) is 0. The predicted octanol–water partition coefficient (Wildman–Crippen LogP) is 3.87. The summed E-state index contributed by atoms with van der Waals surface area (Å²) in [6.45, 7) is 1.85. The molecule has 1 unspecified atom stereocenters. The first-order chi connectivity index (χ1) is 9.99. The van der Waals surface area contributed by atoms with Crippen LogP contribution < -0.4 is 11.1 Å². The van der Waals surface area contributed by atoms with Crippen molar-refractivity contribution in [3.63, 3.8) is 0 Å². The third-order valence-corrected chi connectivity index (χ3v) is 3.79. The van der Waals surface area contributed by atoms with Gasteiger partial charge < -0.3 is 11.1 Å². The normalized spacial score (nSPS) is 13.5. The lowest BCUT2D eigenvalue weighted by Crippen LogP contribution is -2.35. The van der Waals surface area contributed by atoms with Gasteiger partial charge in [0.2, 0.25) is 5.91 Å². The van der Waals surface area contributed by atoms with E-state index in [2.05, 4.69) is 5.32 Å². The van der Waals surface area contributed by atoms with Gasteiger partial charge in [0.1, 0.15) is 6.04 Å². The first kappa shape index (κ1) is 15.8. The van der Waals surface area contributed by atoms with E-state index >= 15 is 0 Å². The van der Waals surface area contributed by atoms with Gasteiger partial charge in [-0.3, -0.25) is 4.79 Å². The Labute approximate surface area is 134 Å². The van der Waals surface area contributed by atoms with E-state index in [0.29, 0.717) is 10.0 Å². The summed E-state index contributed by atoms with van der Waals surface area (Å²) in [5, 5.41) is 3.94. The van der Waals surface area contributed by atoms with E-state index in [1.165, 1.54) is 0 Å². The van der Waals surface area contributed by atoms with Crippen LogP contribution in [-0.4, -0.2) is 5.91 Å². The van der Waals surface area contributed by atoms with Crippen molar-refractivity contribution in [2.24, 2.45) is 5.73 Å². The molecule has 2 aromatic carbocycles. The van der Waals surface area contributed by atoms with Crippen LogP contribution in [0.25, 0.3) is 0 Å². The SMILES string of the molecule is CC(NC(=O)[C@H](N)c1ccccc1)c1ccc(Cl)cc1Cl. The van der Waals surface area contributed by atoms with Crippen molar-refractivity contribution in [3.05, 3.63) is 69.7 Å². The third-order valence-electron chi connectivity index (χ3n) is 3.23. The molecule has 1 amide bonds. The van der Waals surface area contributed by atoms with E-state index in [1.807, 2.05) is 37.3 Å². The summed E-state index contributed by atoms with van der Waals surface area (Å²) in [6, 6.07) is 13.4. The molecule has 0 aliphatic heterocycles. The van der Waals surface area contributed by atoms with Crippen LogP contribution in [-0.2, 0) is 4.79 Å². The number of rotatable bonds is 4. The molecule has 0 aliphatic carbocycles. The third kappa shape index (κ3) is 3.97. The Morgan fingerprint density at radius 1 is 1.14 bits per heavy atom. The molecule has 0 aliphatic rings. The maximum Gasteiger partial charge on any atom is 0.241 e. The maximum atomic E-state index is 12.2. The molecule has 110 valence electrons. The number of hydrogen-bond acceptors (Lipinski definition) is 2. The van der Waals surface area contributed by atoms with Gasteiger partial charge in [-0.05, 0) is 30.2 Å². The van der Waals surface area contributed by atoms with Gasteiger partial charge in [-0.1, -0.05) is 59.6 Å². The first-order valence-electron chi connectivity index (χ1n) is 6.55. The number of nitrogens with two attached hydrogens (primary N) is 1. The summed E-state index contributed by atoms with van der Waals surface area (Å²) < 4.78 is 0. The standard InChI is InChI=1S/C16H16Cl2N2O/c1-10(13-8-7-12(17)9-14(13)18)20-16(21)15(19)11-5-3-2-4-6-11/h2-10,15H,19H2,1H3,(H,20,21)/t10?,15-/m1/s1. The van der Waals surface area contributed by atoms with Crippen LogP contribution in [0.15, 0.2) is 48.5 Å². The van der Waals surface area contributed by atoms with Crippen LogP contribution >= 0.6 is 23.2 Å². The van der Waals surface area contributed by atoms with Gasteiger partial charge in [0, 0.05) is 10.0 Å². The molecule has 2 rings (SSSR count). The van der Waals surface area contributed by atoms with Crippen molar-refractivity contribution in [1.82, 2.24) is 5.32 Å². The monoisotopic (exact) mass is 322 g/mol. The van der Waals surface area contributed by atoms with Crippen LogP contribution in [0.3, 0.4) is 0 Å². The second-order valence-electron chi connectivity index (χ2n) is 4.78. The van der Waals surface area contributed by atoms with Gasteiger partial charge in [-0.2, -0.15) is 0 Å². The van der Waals surface area contributed by atoms with E-state index in [0.717, 1.165) is 11.1 Å². The highest BCUT2D eigenvalue weighted by molar-refractivity contribution is 6.35. The molecule has 0 radical (unpaired) electrons. The molecule has 21 heavy (non-hydrogen) atoms. The van der Waals surface area contributed by atoms with Gasteiger partial charge in [0.05, 0.1) is 6.04 Å². The molecule has 0 saturated heterocycles. The summed E-state index contributed by atoms with van der Waals surface area (Å²) >= 11 is 12.0. The minimum absolute atomic E-state index is 0.250. The van der Waals surface area contributed by atoms with Crippen molar-refractivity contribution in [1.29, 1.82) is 0 Å². The Morgan fingerprint density at radius 2 is 1.81 bits per heavy atom. The number of carbonyl (C=O) groups is 1. The fraction of sp³-hybridized carbons (Fsp3) is 0.188. The van der Waals surface area contributed by atoms with Crippen molar-refractivity contribution >= 4 is 29.1 Å². The van der Waals surface area contributed by atoms with Gasteiger partial charge in [-0.15, -0.1) is 0 Å². The average molecular weight is 323 g/mol. The molecule has 3 nitrogen and oxygen atoms in total. The van der Waals surface area contributed by atoms with Crippen LogP contribution in [0.4, 0.5) is 0 Å². The molecule has 0 aromatic heterocycles. The van der Waals surface area contributed by atoms with Crippen LogP contribution in [0.2, 0.25) is 10.0 Å². The Hall–Kier alpha value is -1.55. The van der Waals surface area contributed by atoms with Crippen LogP contribution in [0, 0.1) is 0 Å². The Morgan fingerprint density at radius 3 is 2.43 bits per heavy atom. The Bertz CT molecular complexity index is 631. The molecule has 0 heterocycles. The highest BCUT2D eigenvalue weighted by Crippen LogP contribution is 2.26. The lowest BCUT2D eigenvalue weighted by molar-refractivity contribution is -0.123. The topological polar surface area (TPSA) is 55.1 Å². The number of nitrogens with one attached hydrogen (secondary N) is 1. The zero-order chi connectivity index (χ0) is 15.4.